The highest BCUT2D eigenvalue weighted by Gasteiger charge is 2.38. The summed E-state index contributed by atoms with van der Waals surface area (Å²) < 4.78 is 7.18. The van der Waals surface area contributed by atoms with Crippen LogP contribution in [0, 0.1) is 0 Å². The molecule has 6 heteroatoms. The fourth-order valence-electron chi connectivity index (χ4n) is 1.98. The monoisotopic (exact) mass is 259 g/mol. The molecule has 2 unspecified atom stereocenters. The van der Waals surface area contributed by atoms with E-state index in [2.05, 4.69) is 10.3 Å². The molecule has 1 saturated heterocycles. The summed E-state index contributed by atoms with van der Waals surface area (Å²) in [6.07, 6.45) is 2.16. The van der Waals surface area contributed by atoms with Crippen molar-refractivity contribution in [3.8, 4) is 0 Å². The molecular weight excluding hydrogens is 242 g/mol. The number of hydrogen-bond acceptors (Lipinski definition) is 4. The van der Waals surface area contributed by atoms with Crippen molar-refractivity contribution in [3.05, 3.63) is 17.2 Å². The van der Waals surface area contributed by atoms with E-state index in [1.54, 1.807) is 6.20 Å². The lowest BCUT2D eigenvalue weighted by molar-refractivity contribution is -0.0264. The fraction of sp³-hybridized carbons (Fsp3) is 0.727. The summed E-state index contributed by atoms with van der Waals surface area (Å²) in [7, 11) is 1.86. The zero-order valence-electron chi connectivity index (χ0n) is 10.1. The molecule has 1 aromatic rings. The van der Waals surface area contributed by atoms with Gasteiger partial charge in [0, 0.05) is 26.6 Å². The number of halogens is 1. The van der Waals surface area contributed by atoms with E-state index in [0.717, 1.165) is 5.82 Å². The smallest absolute Gasteiger partial charge is 0.128 e. The second-order valence-corrected chi connectivity index (χ2v) is 4.91. The topological polar surface area (TPSA) is 59.3 Å². The van der Waals surface area contributed by atoms with Crippen molar-refractivity contribution in [2.75, 3.05) is 13.2 Å². The number of aromatic nitrogens is 2. The van der Waals surface area contributed by atoms with E-state index in [1.165, 1.54) is 0 Å². The lowest BCUT2D eigenvalue weighted by Gasteiger charge is -2.26. The minimum absolute atomic E-state index is 0.125. The number of nitrogens with zero attached hydrogens (tertiary/aromatic N) is 2. The molecule has 5 nitrogen and oxygen atoms in total. The van der Waals surface area contributed by atoms with E-state index in [9.17, 15) is 5.11 Å². The molecule has 2 N–H and O–H groups in total. The molecule has 1 aromatic heterocycles. The molecule has 96 valence electrons. The molecule has 2 atom stereocenters. The third kappa shape index (κ3) is 2.63. The standard InChI is InChI=1S/C11H18ClN3O2/c1-8-11(16,3-4-17-8)7-13-6-10-14-5-9(12)15(10)2/h5,8,13,16H,3-4,6-7H2,1-2H3. The lowest BCUT2D eigenvalue weighted by atomic mass is 9.97. The van der Waals surface area contributed by atoms with Crippen molar-refractivity contribution in [2.45, 2.75) is 31.6 Å². The molecule has 0 aromatic carbocycles. The first-order valence-corrected chi connectivity index (χ1v) is 6.11. The highest BCUT2D eigenvalue weighted by atomic mass is 35.5. The van der Waals surface area contributed by atoms with Gasteiger partial charge < -0.3 is 19.7 Å². The number of ether oxygens (including phenoxy) is 1. The maximum absolute atomic E-state index is 10.3. The SMILES string of the molecule is CC1OCCC1(O)CNCc1ncc(Cl)n1C. The molecule has 0 aliphatic carbocycles. The first-order chi connectivity index (χ1) is 8.03. The van der Waals surface area contributed by atoms with Crippen LogP contribution in [0.1, 0.15) is 19.2 Å². The molecule has 0 saturated carbocycles. The van der Waals surface area contributed by atoms with Crippen LogP contribution in [0.25, 0.3) is 0 Å². The maximum Gasteiger partial charge on any atom is 0.128 e. The Hall–Kier alpha value is -0.620. The van der Waals surface area contributed by atoms with E-state index in [4.69, 9.17) is 16.3 Å². The Labute approximate surface area is 106 Å². The van der Waals surface area contributed by atoms with Gasteiger partial charge in [0.05, 0.1) is 18.8 Å². The summed E-state index contributed by atoms with van der Waals surface area (Å²) in [6.45, 7) is 3.59. The third-order valence-corrected chi connectivity index (χ3v) is 3.75. The van der Waals surface area contributed by atoms with Gasteiger partial charge in [-0.25, -0.2) is 4.98 Å². The van der Waals surface area contributed by atoms with Gasteiger partial charge >= 0.3 is 0 Å². The molecule has 0 radical (unpaired) electrons. The Morgan fingerprint density at radius 3 is 3.06 bits per heavy atom. The van der Waals surface area contributed by atoms with Crippen LogP contribution in [-0.2, 0) is 18.3 Å². The van der Waals surface area contributed by atoms with Crippen LogP contribution < -0.4 is 5.32 Å². The van der Waals surface area contributed by atoms with E-state index >= 15 is 0 Å². The van der Waals surface area contributed by atoms with Crippen molar-refractivity contribution in [1.82, 2.24) is 14.9 Å². The average Bonchev–Trinajstić information content (AvgIpc) is 2.77. The van der Waals surface area contributed by atoms with Crippen LogP contribution in [0.15, 0.2) is 6.20 Å². The Morgan fingerprint density at radius 1 is 1.76 bits per heavy atom. The summed E-state index contributed by atoms with van der Waals surface area (Å²) in [5.41, 5.74) is -0.769. The normalized spacial score (nSPS) is 28.8. The molecule has 0 amide bonds. The van der Waals surface area contributed by atoms with E-state index in [0.29, 0.717) is 31.3 Å². The van der Waals surface area contributed by atoms with E-state index in [-0.39, 0.29) is 6.10 Å². The van der Waals surface area contributed by atoms with Gasteiger partial charge in [0.25, 0.3) is 0 Å². The van der Waals surface area contributed by atoms with Gasteiger partial charge in [0.2, 0.25) is 0 Å². The minimum atomic E-state index is -0.769. The van der Waals surface area contributed by atoms with Gasteiger partial charge in [-0.05, 0) is 6.92 Å². The third-order valence-electron chi connectivity index (χ3n) is 3.40. The van der Waals surface area contributed by atoms with Crippen molar-refractivity contribution in [3.63, 3.8) is 0 Å². The maximum atomic E-state index is 10.3. The number of imidazole rings is 1. The number of nitrogens with one attached hydrogen (secondary N) is 1. The van der Waals surface area contributed by atoms with Gasteiger partial charge in [-0.3, -0.25) is 0 Å². The quantitative estimate of drug-likeness (QED) is 0.836. The Kier molecular flexibility index (Phi) is 3.73. The number of aliphatic hydroxyl groups is 1. The predicted octanol–water partition coefficient (Wildman–Crippen LogP) is 0.703. The average molecular weight is 260 g/mol. The van der Waals surface area contributed by atoms with Gasteiger partial charge in [-0.15, -0.1) is 0 Å². The second-order valence-electron chi connectivity index (χ2n) is 4.53. The molecule has 1 fully saturated rings. The van der Waals surface area contributed by atoms with Crippen LogP contribution >= 0.6 is 11.6 Å². The van der Waals surface area contributed by atoms with Gasteiger partial charge in [-0.2, -0.15) is 0 Å². The van der Waals surface area contributed by atoms with Crippen molar-refractivity contribution >= 4 is 11.6 Å². The molecule has 2 rings (SSSR count). The van der Waals surface area contributed by atoms with Crippen LogP contribution in [0.3, 0.4) is 0 Å². The summed E-state index contributed by atoms with van der Waals surface area (Å²) in [5, 5.41) is 14.1. The Morgan fingerprint density at radius 2 is 2.53 bits per heavy atom. The Balaban J connectivity index is 1.85. The van der Waals surface area contributed by atoms with Crippen LogP contribution in [0.4, 0.5) is 0 Å². The van der Waals surface area contributed by atoms with Crippen molar-refractivity contribution in [1.29, 1.82) is 0 Å². The number of rotatable bonds is 4. The van der Waals surface area contributed by atoms with Crippen LogP contribution in [-0.4, -0.2) is 39.5 Å². The molecule has 1 aliphatic heterocycles. The molecule has 17 heavy (non-hydrogen) atoms. The van der Waals surface area contributed by atoms with Crippen molar-refractivity contribution < 1.29 is 9.84 Å². The number of hydrogen-bond donors (Lipinski definition) is 2. The largest absolute Gasteiger partial charge is 0.386 e. The molecule has 0 bridgehead atoms. The first-order valence-electron chi connectivity index (χ1n) is 5.74. The van der Waals surface area contributed by atoms with Crippen LogP contribution in [0.5, 0.6) is 0 Å². The molecule has 1 aliphatic rings. The highest BCUT2D eigenvalue weighted by molar-refractivity contribution is 6.29. The zero-order valence-corrected chi connectivity index (χ0v) is 10.9. The second kappa shape index (κ2) is 4.94. The van der Waals surface area contributed by atoms with E-state index in [1.807, 2.05) is 18.5 Å². The molecule has 0 spiro atoms. The highest BCUT2D eigenvalue weighted by Crippen LogP contribution is 2.24. The molecular formula is C11H18ClN3O2. The van der Waals surface area contributed by atoms with E-state index < -0.39 is 5.60 Å². The lowest BCUT2D eigenvalue weighted by Crippen LogP contribution is -2.45. The summed E-state index contributed by atoms with van der Waals surface area (Å²) in [6, 6.07) is 0. The Bertz CT molecular complexity index is 396. The summed E-state index contributed by atoms with van der Waals surface area (Å²) in [5.74, 6) is 0.852. The van der Waals surface area contributed by atoms with Gasteiger partial charge in [-0.1, -0.05) is 11.6 Å². The fourth-order valence-corrected chi connectivity index (χ4v) is 2.13. The molecule has 2 heterocycles. The first kappa shape index (κ1) is 12.8. The van der Waals surface area contributed by atoms with Gasteiger partial charge in [0.15, 0.2) is 0 Å². The summed E-state index contributed by atoms with van der Waals surface area (Å²) >= 11 is 5.89. The van der Waals surface area contributed by atoms with Gasteiger partial charge in [0.1, 0.15) is 16.6 Å². The zero-order chi connectivity index (χ0) is 12.5. The van der Waals surface area contributed by atoms with Crippen molar-refractivity contribution in [2.24, 2.45) is 7.05 Å². The summed E-state index contributed by atoms with van der Waals surface area (Å²) in [4.78, 5) is 4.18. The van der Waals surface area contributed by atoms with Crippen LogP contribution in [0.2, 0.25) is 5.15 Å². The minimum Gasteiger partial charge on any atom is -0.386 e. The predicted molar refractivity (Wildman–Crippen MR) is 64.9 cm³/mol.